The molecule has 0 bridgehead atoms. The molecule has 194 valence electrons. The number of rotatable bonds is 8. The molecule has 0 aliphatic carbocycles. The van der Waals surface area contributed by atoms with Gasteiger partial charge in [0.15, 0.2) is 14.8 Å². The number of carbonyl (C=O) groups is 1. The van der Waals surface area contributed by atoms with E-state index in [2.05, 4.69) is 0 Å². The van der Waals surface area contributed by atoms with Gasteiger partial charge in [-0.2, -0.15) is 0 Å². The van der Waals surface area contributed by atoms with Gasteiger partial charge in [-0.1, -0.05) is 35.2 Å². The van der Waals surface area contributed by atoms with Gasteiger partial charge in [0.25, 0.3) is 5.56 Å². The molecule has 0 aliphatic rings. The van der Waals surface area contributed by atoms with Crippen molar-refractivity contribution < 1.29 is 13.6 Å². The Morgan fingerprint density at radius 2 is 1.97 bits per heavy atom. The van der Waals surface area contributed by atoms with Crippen molar-refractivity contribution in [2.75, 3.05) is 17.2 Å². The van der Waals surface area contributed by atoms with E-state index in [4.69, 9.17) is 21.6 Å². The van der Waals surface area contributed by atoms with Crippen LogP contribution < -0.4 is 10.5 Å². The second kappa shape index (κ2) is 11.1. The third-order valence-corrected chi connectivity index (χ3v) is 8.24. The molecule has 0 aliphatic heterocycles. The Bertz CT molecular complexity index is 1720. The third kappa shape index (κ3) is 5.22. The van der Waals surface area contributed by atoms with Crippen LogP contribution in [0.1, 0.15) is 18.2 Å². The van der Waals surface area contributed by atoms with Gasteiger partial charge in [-0.3, -0.25) is 18.7 Å². The van der Waals surface area contributed by atoms with Crippen LogP contribution in [0.25, 0.3) is 16.0 Å². The molecule has 11 heteroatoms. The second-order valence-electron chi connectivity index (χ2n) is 8.46. The van der Waals surface area contributed by atoms with Crippen molar-refractivity contribution in [3.63, 3.8) is 0 Å². The van der Waals surface area contributed by atoms with E-state index in [9.17, 15) is 14.0 Å². The predicted octanol–water partition coefficient (Wildman–Crippen LogP) is 6.21. The first-order valence-corrected chi connectivity index (χ1v) is 14.0. The van der Waals surface area contributed by atoms with E-state index in [-0.39, 0.29) is 17.2 Å². The van der Waals surface area contributed by atoms with Crippen LogP contribution in [-0.4, -0.2) is 32.3 Å². The molecule has 38 heavy (non-hydrogen) atoms. The highest BCUT2D eigenvalue weighted by Crippen LogP contribution is 2.27. The van der Waals surface area contributed by atoms with Gasteiger partial charge < -0.3 is 9.32 Å². The number of carbonyl (C=O) groups excluding carboxylic acids is 1. The maximum absolute atomic E-state index is 13.7. The van der Waals surface area contributed by atoms with E-state index in [1.807, 2.05) is 44.2 Å². The minimum Gasteiger partial charge on any atom is -0.467 e. The molecule has 3 aromatic heterocycles. The lowest BCUT2D eigenvalue weighted by molar-refractivity contribution is -0.116. The fourth-order valence-corrected chi connectivity index (χ4v) is 6.23. The number of nitrogens with zero attached hydrogens (tertiary/aromatic N) is 4. The van der Waals surface area contributed by atoms with Gasteiger partial charge in [0.1, 0.15) is 16.3 Å². The lowest BCUT2D eigenvalue weighted by atomic mass is 10.2. The van der Waals surface area contributed by atoms with Crippen molar-refractivity contribution in [2.24, 2.45) is 0 Å². The number of amides is 1. The highest BCUT2D eigenvalue weighted by molar-refractivity contribution is 7.99. The Labute approximate surface area is 231 Å². The molecule has 0 spiro atoms. The highest BCUT2D eigenvalue weighted by Gasteiger charge is 2.21. The van der Waals surface area contributed by atoms with Crippen LogP contribution in [0.15, 0.2) is 81.3 Å². The first-order chi connectivity index (χ1) is 18.4. The number of fused-ring (bicyclic) bond motifs is 1. The molecule has 5 aromatic rings. The molecular formula is C27H23FN4O3S3. The van der Waals surface area contributed by atoms with E-state index in [1.54, 1.807) is 21.8 Å². The van der Waals surface area contributed by atoms with Crippen molar-refractivity contribution in [2.45, 2.75) is 25.5 Å². The van der Waals surface area contributed by atoms with Gasteiger partial charge in [-0.25, -0.2) is 9.37 Å². The third-order valence-electron chi connectivity index (χ3n) is 5.89. The van der Waals surface area contributed by atoms with E-state index in [0.29, 0.717) is 44.0 Å². The number of hydrogen-bond donors (Lipinski definition) is 0. The summed E-state index contributed by atoms with van der Waals surface area (Å²) in [5.41, 5.74) is 2.39. The van der Waals surface area contributed by atoms with E-state index >= 15 is 0 Å². The molecule has 7 nitrogen and oxygen atoms in total. The summed E-state index contributed by atoms with van der Waals surface area (Å²) in [7, 11) is 0. The molecule has 0 saturated carbocycles. The molecule has 0 unspecified atom stereocenters. The smallest absolute Gasteiger partial charge is 0.278 e. The van der Waals surface area contributed by atoms with Crippen LogP contribution >= 0.6 is 35.3 Å². The van der Waals surface area contributed by atoms with Crippen LogP contribution in [0.5, 0.6) is 0 Å². The molecule has 0 radical (unpaired) electrons. The van der Waals surface area contributed by atoms with Crippen LogP contribution in [0.4, 0.5) is 10.1 Å². The number of halogens is 1. The largest absolute Gasteiger partial charge is 0.467 e. The Morgan fingerprint density at radius 3 is 2.66 bits per heavy atom. The predicted molar refractivity (Wildman–Crippen MR) is 152 cm³/mol. The number of furan rings is 1. The molecule has 0 saturated heterocycles. The van der Waals surface area contributed by atoms with Crippen molar-refractivity contribution in [3.8, 4) is 5.69 Å². The van der Waals surface area contributed by atoms with E-state index in [1.165, 1.54) is 28.8 Å². The van der Waals surface area contributed by atoms with Crippen molar-refractivity contribution in [1.29, 1.82) is 0 Å². The average Bonchev–Trinajstić information content (AvgIpc) is 3.53. The molecule has 2 aromatic carbocycles. The summed E-state index contributed by atoms with van der Waals surface area (Å²) < 4.78 is 23.2. The van der Waals surface area contributed by atoms with Gasteiger partial charge in [0, 0.05) is 12.2 Å². The van der Waals surface area contributed by atoms with Crippen LogP contribution in [0.2, 0.25) is 0 Å². The molecule has 1 amide bonds. The Hall–Kier alpha value is -3.54. The van der Waals surface area contributed by atoms with Crippen LogP contribution in [0, 0.1) is 16.7 Å². The molecular weight excluding hydrogens is 544 g/mol. The molecule has 0 N–H and O–H groups in total. The topological polar surface area (TPSA) is 73.3 Å². The molecule has 3 heterocycles. The Morgan fingerprint density at radius 1 is 1.18 bits per heavy atom. The Kier molecular flexibility index (Phi) is 7.59. The lowest BCUT2D eigenvalue weighted by Crippen LogP contribution is -2.32. The zero-order valence-electron chi connectivity index (χ0n) is 20.6. The van der Waals surface area contributed by atoms with Crippen LogP contribution in [-0.2, 0) is 11.3 Å². The zero-order valence-corrected chi connectivity index (χ0v) is 23.0. The average molecular weight is 567 g/mol. The number of aromatic nitrogens is 3. The second-order valence-corrected chi connectivity index (χ2v) is 11.0. The van der Waals surface area contributed by atoms with Gasteiger partial charge >= 0.3 is 0 Å². The first kappa shape index (κ1) is 26.1. The number of hydrogen-bond acceptors (Lipinski definition) is 7. The molecule has 0 fully saturated rings. The van der Waals surface area contributed by atoms with Crippen LogP contribution in [0.3, 0.4) is 0 Å². The summed E-state index contributed by atoms with van der Waals surface area (Å²) in [6.07, 6.45) is 1.57. The summed E-state index contributed by atoms with van der Waals surface area (Å²) in [5, 5.41) is 0.309. The molecule has 0 atom stereocenters. The zero-order chi connectivity index (χ0) is 26.8. The fraction of sp³-hybridized carbons (Fsp3) is 0.185. The van der Waals surface area contributed by atoms with Crippen molar-refractivity contribution in [1.82, 2.24) is 14.1 Å². The summed E-state index contributed by atoms with van der Waals surface area (Å²) >= 11 is 7.87. The maximum Gasteiger partial charge on any atom is 0.278 e. The summed E-state index contributed by atoms with van der Waals surface area (Å²) in [4.78, 5) is 33.5. The summed E-state index contributed by atoms with van der Waals surface area (Å²) in [6, 6.07) is 16.9. The quantitative estimate of drug-likeness (QED) is 0.126. The number of anilines is 1. The lowest BCUT2D eigenvalue weighted by Gasteiger charge is -2.21. The van der Waals surface area contributed by atoms with Gasteiger partial charge in [-0.05, 0) is 80.2 Å². The monoisotopic (exact) mass is 566 g/mol. The van der Waals surface area contributed by atoms with Gasteiger partial charge in [0.05, 0.1) is 24.2 Å². The minimum atomic E-state index is -0.419. The number of thioether (sulfide) groups is 1. The standard InChI is InChI=1S/C27H23FN4O3S3/c1-3-30(20-7-4-6-17(2)14-20)22(33)16-37-26-29-24-23(25(34)32(26)19-11-9-18(28)10-12-19)38-27(36)31(24)15-21-8-5-13-35-21/h4-14H,3,15-16H2,1-2H3. The number of aryl methyl sites for hydroxylation is 1. The summed E-state index contributed by atoms with van der Waals surface area (Å²) in [5.74, 6) is 0.175. The van der Waals surface area contributed by atoms with Gasteiger partial charge in [-0.15, -0.1) is 0 Å². The van der Waals surface area contributed by atoms with Gasteiger partial charge in [0.2, 0.25) is 5.91 Å². The van der Waals surface area contributed by atoms with Crippen molar-refractivity contribution in [3.05, 3.63) is 98.4 Å². The SMILES string of the molecule is CCN(C(=O)CSc1nc2c(sc(=S)n2Cc2ccco2)c(=O)n1-c1ccc(F)cc1)c1cccc(C)c1. The molecule has 5 rings (SSSR count). The fourth-order valence-electron chi connectivity index (χ4n) is 4.09. The normalized spacial score (nSPS) is 11.2. The minimum absolute atomic E-state index is 0.0456. The maximum atomic E-state index is 13.7. The van der Waals surface area contributed by atoms with E-state index < -0.39 is 5.82 Å². The first-order valence-electron chi connectivity index (χ1n) is 11.8. The Balaban J connectivity index is 1.57. The van der Waals surface area contributed by atoms with E-state index in [0.717, 1.165) is 34.3 Å². The number of thiazole rings is 1. The summed E-state index contributed by atoms with van der Waals surface area (Å²) in [6.45, 7) is 4.70. The van der Waals surface area contributed by atoms with Crippen molar-refractivity contribution >= 4 is 57.3 Å². The number of benzene rings is 2. The highest BCUT2D eigenvalue weighted by atomic mass is 32.2.